The van der Waals surface area contributed by atoms with Gasteiger partial charge in [-0.3, -0.25) is 5.21 Å². The molecule has 3 rings (SSSR count). The molecule has 2 N–H and O–H groups in total. The molecule has 0 aliphatic heterocycles. The van der Waals surface area contributed by atoms with E-state index in [1.165, 1.54) is 16.4 Å². The number of sulfonamides is 1. The second kappa shape index (κ2) is 9.80. The molecule has 0 radical (unpaired) electrons. The Labute approximate surface area is 183 Å². The third kappa shape index (κ3) is 4.76. The van der Waals surface area contributed by atoms with Crippen molar-refractivity contribution in [3.63, 3.8) is 0 Å². The summed E-state index contributed by atoms with van der Waals surface area (Å²) in [6, 6.07) is 16.7. The lowest BCUT2D eigenvalue weighted by Gasteiger charge is -2.49. The minimum absolute atomic E-state index is 0.0374. The number of carboxylic acid groups (broad SMARTS) is 1. The van der Waals surface area contributed by atoms with Gasteiger partial charge in [-0.2, -0.15) is 9.37 Å². The fraction of sp³-hybridized carbons (Fsp3) is 0.435. The van der Waals surface area contributed by atoms with Gasteiger partial charge in [-0.05, 0) is 37.0 Å². The highest BCUT2D eigenvalue weighted by Crippen LogP contribution is 2.39. The molecule has 1 aliphatic carbocycles. The number of amides is 1. The van der Waals surface area contributed by atoms with E-state index in [-0.39, 0.29) is 22.8 Å². The van der Waals surface area contributed by atoms with Gasteiger partial charge in [0.05, 0.1) is 4.90 Å². The molecular formula is C23H30N2O5S. The quantitative estimate of drug-likeness (QED) is 0.347. The maximum Gasteiger partial charge on any atom is 0.433 e. The van der Waals surface area contributed by atoms with E-state index in [4.69, 9.17) is 0 Å². The van der Waals surface area contributed by atoms with Crippen molar-refractivity contribution in [1.29, 1.82) is 0 Å². The summed E-state index contributed by atoms with van der Waals surface area (Å²) in [6.07, 6.45) is 2.51. The zero-order valence-electron chi connectivity index (χ0n) is 17.7. The highest BCUT2D eigenvalue weighted by atomic mass is 32.2. The van der Waals surface area contributed by atoms with E-state index < -0.39 is 27.8 Å². The third-order valence-electron chi connectivity index (χ3n) is 6.09. The summed E-state index contributed by atoms with van der Waals surface area (Å²) < 4.78 is 29.2. The number of nitrogens with zero attached hydrogens (tertiary/aromatic N) is 2. The van der Waals surface area contributed by atoms with E-state index in [1.807, 2.05) is 30.3 Å². The Morgan fingerprint density at radius 2 is 1.55 bits per heavy atom. The molecule has 7 nitrogen and oxygen atoms in total. The van der Waals surface area contributed by atoms with Gasteiger partial charge < -0.3 is 5.11 Å². The highest BCUT2D eigenvalue weighted by Gasteiger charge is 2.52. The standard InChI is InChI=1S/C23H30N2O5S/c1-2-23(24(28)22(26)27,18-19-12-6-3-7-13-19)25(20-14-8-4-9-15-20)31(29,30)21-16-10-5-11-17-21/h3,5-7,10-13,16-17,20,28H,2,4,8-9,14-15,18H2,1H3,(H,26,27). The van der Waals surface area contributed by atoms with Crippen molar-refractivity contribution >= 4 is 16.1 Å². The topological polar surface area (TPSA) is 98.1 Å². The van der Waals surface area contributed by atoms with Crippen LogP contribution in [0.3, 0.4) is 0 Å². The van der Waals surface area contributed by atoms with Crippen molar-refractivity contribution in [2.45, 2.75) is 68.5 Å². The number of benzene rings is 2. The molecule has 0 spiro atoms. The van der Waals surface area contributed by atoms with Crippen LogP contribution in [0, 0.1) is 0 Å². The summed E-state index contributed by atoms with van der Waals surface area (Å²) in [4.78, 5) is 12.1. The van der Waals surface area contributed by atoms with E-state index in [1.54, 1.807) is 25.1 Å². The van der Waals surface area contributed by atoms with Gasteiger partial charge in [-0.15, -0.1) is 0 Å². The average molecular weight is 447 g/mol. The Bertz CT molecular complexity index is 962. The Hall–Kier alpha value is -2.42. The Balaban J connectivity index is 2.22. The summed E-state index contributed by atoms with van der Waals surface area (Å²) in [5.74, 6) is 0. The fourth-order valence-corrected chi connectivity index (χ4v) is 6.61. The van der Waals surface area contributed by atoms with Gasteiger partial charge in [-0.1, -0.05) is 74.7 Å². The molecule has 0 aromatic heterocycles. The monoisotopic (exact) mass is 446 g/mol. The molecule has 168 valence electrons. The van der Waals surface area contributed by atoms with Gasteiger partial charge in [0.25, 0.3) is 0 Å². The molecule has 1 unspecified atom stereocenters. The minimum Gasteiger partial charge on any atom is -0.463 e. The van der Waals surface area contributed by atoms with Gasteiger partial charge in [0.1, 0.15) is 5.66 Å². The summed E-state index contributed by atoms with van der Waals surface area (Å²) in [5.41, 5.74) is -0.933. The number of hydroxylamine groups is 2. The van der Waals surface area contributed by atoms with Crippen LogP contribution < -0.4 is 0 Å². The second-order valence-electron chi connectivity index (χ2n) is 8.00. The lowest BCUT2D eigenvalue weighted by atomic mass is 9.90. The van der Waals surface area contributed by atoms with Gasteiger partial charge >= 0.3 is 6.09 Å². The fourth-order valence-electron chi connectivity index (χ4n) is 4.56. The minimum atomic E-state index is -4.10. The average Bonchev–Trinajstić information content (AvgIpc) is 2.79. The number of hydrogen-bond acceptors (Lipinski definition) is 4. The Kier molecular flexibility index (Phi) is 7.35. The molecule has 1 amide bonds. The van der Waals surface area contributed by atoms with E-state index in [9.17, 15) is 23.5 Å². The smallest absolute Gasteiger partial charge is 0.433 e. The molecule has 0 heterocycles. The zero-order valence-corrected chi connectivity index (χ0v) is 18.5. The summed E-state index contributed by atoms with van der Waals surface area (Å²) in [5, 5.41) is 20.8. The molecule has 0 saturated heterocycles. The van der Waals surface area contributed by atoms with E-state index in [0.29, 0.717) is 12.8 Å². The largest absolute Gasteiger partial charge is 0.463 e. The molecule has 2 aromatic rings. The van der Waals surface area contributed by atoms with E-state index >= 15 is 0 Å². The first-order valence-electron chi connectivity index (χ1n) is 10.7. The number of hydrogen-bond donors (Lipinski definition) is 2. The van der Waals surface area contributed by atoms with Crippen molar-refractivity contribution in [3.05, 3.63) is 66.2 Å². The van der Waals surface area contributed by atoms with Crippen LogP contribution in [0.15, 0.2) is 65.6 Å². The summed E-state index contributed by atoms with van der Waals surface area (Å²) >= 11 is 0. The highest BCUT2D eigenvalue weighted by molar-refractivity contribution is 7.89. The van der Waals surface area contributed by atoms with Crippen molar-refractivity contribution in [2.24, 2.45) is 0 Å². The summed E-state index contributed by atoms with van der Waals surface area (Å²) in [7, 11) is -4.10. The Morgan fingerprint density at radius 3 is 2.06 bits per heavy atom. The molecule has 0 bridgehead atoms. The number of carbonyl (C=O) groups is 1. The first-order chi connectivity index (χ1) is 14.8. The third-order valence-corrected chi connectivity index (χ3v) is 8.11. The van der Waals surface area contributed by atoms with Crippen LogP contribution in [0.5, 0.6) is 0 Å². The lowest BCUT2D eigenvalue weighted by molar-refractivity contribution is -0.190. The van der Waals surface area contributed by atoms with Crippen LogP contribution in [0.25, 0.3) is 0 Å². The normalized spacial score (nSPS) is 17.3. The molecule has 1 saturated carbocycles. The van der Waals surface area contributed by atoms with Crippen molar-refractivity contribution in [3.8, 4) is 0 Å². The van der Waals surface area contributed by atoms with E-state index in [2.05, 4.69) is 0 Å². The van der Waals surface area contributed by atoms with Crippen LogP contribution in [-0.2, 0) is 16.4 Å². The number of rotatable bonds is 8. The molecular weight excluding hydrogens is 416 g/mol. The molecule has 1 atom stereocenters. The van der Waals surface area contributed by atoms with Crippen molar-refractivity contribution in [2.75, 3.05) is 0 Å². The first kappa shape index (κ1) is 23.2. The molecule has 2 aromatic carbocycles. The zero-order chi connectivity index (χ0) is 22.5. The maximum absolute atomic E-state index is 13.9. The van der Waals surface area contributed by atoms with Crippen molar-refractivity contribution in [1.82, 2.24) is 9.37 Å². The van der Waals surface area contributed by atoms with Gasteiger partial charge in [0.15, 0.2) is 0 Å². The molecule has 31 heavy (non-hydrogen) atoms. The lowest BCUT2D eigenvalue weighted by Crippen LogP contribution is -2.66. The van der Waals surface area contributed by atoms with Crippen LogP contribution in [0.2, 0.25) is 0 Å². The van der Waals surface area contributed by atoms with Gasteiger partial charge in [0, 0.05) is 12.5 Å². The second-order valence-corrected chi connectivity index (χ2v) is 9.81. The van der Waals surface area contributed by atoms with Gasteiger partial charge in [0.2, 0.25) is 10.0 Å². The first-order valence-corrected chi connectivity index (χ1v) is 12.1. The SMILES string of the molecule is CCC(Cc1ccccc1)(N(O)C(=O)O)N(C1CCCCC1)S(=O)(=O)c1ccccc1. The summed E-state index contributed by atoms with van der Waals surface area (Å²) in [6.45, 7) is 1.71. The van der Waals surface area contributed by atoms with E-state index in [0.717, 1.165) is 24.8 Å². The Morgan fingerprint density at radius 1 is 1.00 bits per heavy atom. The van der Waals surface area contributed by atoms with Crippen LogP contribution in [0.1, 0.15) is 51.0 Å². The van der Waals surface area contributed by atoms with Crippen LogP contribution in [-0.4, -0.2) is 45.9 Å². The molecule has 1 fully saturated rings. The van der Waals surface area contributed by atoms with Crippen molar-refractivity contribution < 1.29 is 23.5 Å². The van der Waals surface area contributed by atoms with Crippen LogP contribution >= 0.6 is 0 Å². The maximum atomic E-state index is 13.9. The van der Waals surface area contributed by atoms with Gasteiger partial charge in [-0.25, -0.2) is 13.2 Å². The predicted octanol–water partition coefficient (Wildman–Crippen LogP) is 4.73. The molecule has 8 heteroatoms. The van der Waals surface area contributed by atoms with Crippen LogP contribution in [0.4, 0.5) is 4.79 Å². The predicted molar refractivity (Wildman–Crippen MR) is 117 cm³/mol. The molecule has 1 aliphatic rings.